The van der Waals surface area contributed by atoms with Crippen molar-refractivity contribution in [2.24, 2.45) is 11.7 Å². The van der Waals surface area contributed by atoms with Crippen molar-refractivity contribution in [2.45, 2.75) is 44.7 Å². The Bertz CT molecular complexity index is 641. The van der Waals surface area contributed by atoms with Crippen molar-refractivity contribution in [1.82, 2.24) is 4.90 Å². The van der Waals surface area contributed by atoms with E-state index in [1.165, 1.54) is 0 Å². The highest BCUT2D eigenvalue weighted by Crippen LogP contribution is 2.25. The van der Waals surface area contributed by atoms with Gasteiger partial charge >= 0.3 is 0 Å². The van der Waals surface area contributed by atoms with Gasteiger partial charge in [0.05, 0.1) is 6.04 Å². The number of hydrogen-bond donors (Lipinski definition) is 2. The molecule has 128 valence electrons. The Morgan fingerprint density at radius 1 is 1.21 bits per heavy atom. The number of anilines is 1. The first-order valence-electron chi connectivity index (χ1n) is 8.72. The Hall–Kier alpha value is -2.14. The smallest absolute Gasteiger partial charge is 0.234 e. The number of allylic oxidation sites excluding steroid dienone is 2. The summed E-state index contributed by atoms with van der Waals surface area (Å²) in [5, 5.41) is 3.08. The number of rotatable bonds is 5. The van der Waals surface area contributed by atoms with Crippen LogP contribution < -0.4 is 11.1 Å². The summed E-state index contributed by atoms with van der Waals surface area (Å²) >= 11 is 0. The van der Waals surface area contributed by atoms with E-state index in [4.69, 9.17) is 5.73 Å². The van der Waals surface area contributed by atoms with Gasteiger partial charge in [-0.05, 0) is 50.3 Å². The highest BCUT2D eigenvalue weighted by molar-refractivity contribution is 5.93. The van der Waals surface area contributed by atoms with Gasteiger partial charge in [-0.1, -0.05) is 30.4 Å². The molecule has 2 atom stereocenters. The van der Waals surface area contributed by atoms with Crippen LogP contribution in [0.3, 0.4) is 0 Å². The van der Waals surface area contributed by atoms with Gasteiger partial charge in [0.15, 0.2) is 0 Å². The highest BCUT2D eigenvalue weighted by Gasteiger charge is 2.29. The first kappa shape index (κ1) is 16.7. The zero-order valence-electron chi connectivity index (χ0n) is 13.9. The second-order valence-corrected chi connectivity index (χ2v) is 6.66. The normalized spacial score (nSPS) is 24.0. The van der Waals surface area contributed by atoms with E-state index in [2.05, 4.69) is 22.4 Å². The fraction of sp³-hybridized carbons (Fsp3) is 0.474. The minimum Gasteiger partial charge on any atom is -0.368 e. The van der Waals surface area contributed by atoms with E-state index < -0.39 is 0 Å². The number of nitrogens with one attached hydrogen (secondary N) is 1. The number of carbonyl (C=O) groups excluding carboxylic acids is 2. The van der Waals surface area contributed by atoms with Gasteiger partial charge in [-0.15, -0.1) is 0 Å². The third kappa shape index (κ3) is 3.85. The molecule has 1 saturated heterocycles. The molecule has 2 amide bonds. The minimum absolute atomic E-state index is 0.0493. The standard InChI is InChI=1S/C19H25N3O2/c20-18(23)17-11-6-12-22(17)13-15-9-4-5-10-16(15)21-19(24)14-7-2-1-3-8-14/h1-2,4-5,9-10,14,17H,3,6-8,11-13H2,(H2,20,23)(H,21,24)/t14-,17+/m0/s1. The van der Waals surface area contributed by atoms with Gasteiger partial charge in [-0.2, -0.15) is 0 Å². The molecule has 0 bridgehead atoms. The molecule has 0 radical (unpaired) electrons. The molecular formula is C19H25N3O2. The van der Waals surface area contributed by atoms with Crippen LogP contribution in [0, 0.1) is 5.92 Å². The van der Waals surface area contributed by atoms with Crippen molar-refractivity contribution in [1.29, 1.82) is 0 Å². The van der Waals surface area contributed by atoms with Crippen LogP contribution in [0.4, 0.5) is 5.69 Å². The summed E-state index contributed by atoms with van der Waals surface area (Å²) in [5.41, 5.74) is 7.37. The van der Waals surface area contributed by atoms with Crippen molar-refractivity contribution in [3.63, 3.8) is 0 Å². The Balaban J connectivity index is 1.70. The van der Waals surface area contributed by atoms with Crippen LogP contribution in [0.15, 0.2) is 36.4 Å². The van der Waals surface area contributed by atoms with E-state index in [9.17, 15) is 9.59 Å². The number of nitrogens with zero attached hydrogens (tertiary/aromatic N) is 1. The van der Waals surface area contributed by atoms with E-state index in [1.807, 2.05) is 24.3 Å². The number of hydrogen-bond acceptors (Lipinski definition) is 3. The van der Waals surface area contributed by atoms with Crippen LogP contribution in [0.5, 0.6) is 0 Å². The van der Waals surface area contributed by atoms with Crippen molar-refractivity contribution in [3.8, 4) is 0 Å². The SMILES string of the molecule is NC(=O)[C@H]1CCCN1Cc1ccccc1NC(=O)[C@H]1CC=CCC1. The molecule has 1 aliphatic heterocycles. The summed E-state index contributed by atoms with van der Waals surface area (Å²) in [6, 6.07) is 7.63. The van der Waals surface area contributed by atoms with Gasteiger partial charge in [0.1, 0.15) is 0 Å². The first-order valence-corrected chi connectivity index (χ1v) is 8.72. The van der Waals surface area contributed by atoms with E-state index >= 15 is 0 Å². The van der Waals surface area contributed by atoms with Crippen LogP contribution in [-0.4, -0.2) is 29.3 Å². The van der Waals surface area contributed by atoms with Crippen molar-refractivity contribution in [3.05, 3.63) is 42.0 Å². The minimum atomic E-state index is -0.261. The van der Waals surface area contributed by atoms with Gasteiger partial charge in [-0.25, -0.2) is 0 Å². The molecule has 2 aliphatic rings. The van der Waals surface area contributed by atoms with E-state index in [1.54, 1.807) is 0 Å². The summed E-state index contributed by atoms with van der Waals surface area (Å²) < 4.78 is 0. The Morgan fingerprint density at radius 2 is 2.04 bits per heavy atom. The quantitative estimate of drug-likeness (QED) is 0.816. The number of likely N-dealkylation sites (tertiary alicyclic amines) is 1. The summed E-state index contributed by atoms with van der Waals surface area (Å²) in [4.78, 5) is 26.2. The summed E-state index contributed by atoms with van der Waals surface area (Å²) in [6.07, 6.45) is 8.70. The lowest BCUT2D eigenvalue weighted by atomic mass is 9.93. The van der Waals surface area contributed by atoms with Crippen molar-refractivity contribution in [2.75, 3.05) is 11.9 Å². The third-order valence-corrected chi connectivity index (χ3v) is 4.98. The maximum absolute atomic E-state index is 12.5. The summed E-state index contributed by atoms with van der Waals surface area (Å²) in [5.74, 6) is -0.129. The summed E-state index contributed by atoms with van der Waals surface area (Å²) in [7, 11) is 0. The largest absolute Gasteiger partial charge is 0.368 e. The Kier molecular flexibility index (Phi) is 5.30. The molecule has 0 aromatic heterocycles. The van der Waals surface area contributed by atoms with Crippen molar-refractivity contribution >= 4 is 17.5 Å². The Labute approximate surface area is 142 Å². The molecule has 5 heteroatoms. The molecule has 3 N–H and O–H groups in total. The predicted octanol–water partition coefficient (Wildman–Crippen LogP) is 2.43. The zero-order valence-corrected chi connectivity index (χ0v) is 13.9. The zero-order chi connectivity index (χ0) is 16.9. The lowest BCUT2D eigenvalue weighted by Gasteiger charge is -2.24. The van der Waals surface area contributed by atoms with Crippen LogP contribution in [-0.2, 0) is 16.1 Å². The number of primary amides is 1. The monoisotopic (exact) mass is 327 g/mol. The van der Waals surface area contributed by atoms with E-state index in [0.717, 1.165) is 49.9 Å². The fourth-order valence-corrected chi connectivity index (χ4v) is 3.60. The van der Waals surface area contributed by atoms with E-state index in [-0.39, 0.29) is 23.8 Å². The molecule has 1 aromatic rings. The average molecular weight is 327 g/mol. The fourth-order valence-electron chi connectivity index (χ4n) is 3.60. The van der Waals surface area contributed by atoms with Gasteiger partial charge in [0, 0.05) is 18.2 Å². The van der Waals surface area contributed by atoms with Gasteiger partial charge < -0.3 is 11.1 Å². The number of para-hydroxylation sites is 1. The second-order valence-electron chi connectivity index (χ2n) is 6.66. The van der Waals surface area contributed by atoms with Gasteiger partial charge in [-0.3, -0.25) is 14.5 Å². The first-order chi connectivity index (χ1) is 11.6. The molecule has 3 rings (SSSR count). The molecule has 1 aliphatic carbocycles. The van der Waals surface area contributed by atoms with Crippen molar-refractivity contribution < 1.29 is 9.59 Å². The number of amides is 2. The van der Waals surface area contributed by atoms with Gasteiger partial charge in [0.25, 0.3) is 0 Å². The van der Waals surface area contributed by atoms with E-state index in [0.29, 0.717) is 6.54 Å². The molecule has 1 aromatic carbocycles. The molecule has 0 spiro atoms. The van der Waals surface area contributed by atoms with Crippen LogP contribution in [0.1, 0.15) is 37.7 Å². The highest BCUT2D eigenvalue weighted by atomic mass is 16.2. The molecule has 24 heavy (non-hydrogen) atoms. The van der Waals surface area contributed by atoms with Gasteiger partial charge in [0.2, 0.25) is 11.8 Å². The lowest BCUT2D eigenvalue weighted by Crippen LogP contribution is -2.39. The number of nitrogens with two attached hydrogens (primary N) is 1. The second kappa shape index (κ2) is 7.62. The number of carbonyl (C=O) groups is 2. The average Bonchev–Trinajstić information content (AvgIpc) is 3.06. The number of benzene rings is 1. The molecular weight excluding hydrogens is 302 g/mol. The topological polar surface area (TPSA) is 75.4 Å². The summed E-state index contributed by atoms with van der Waals surface area (Å²) in [6.45, 7) is 1.50. The lowest BCUT2D eigenvalue weighted by molar-refractivity contribution is -0.122. The van der Waals surface area contributed by atoms with Crippen LogP contribution in [0.25, 0.3) is 0 Å². The molecule has 0 unspecified atom stereocenters. The molecule has 0 saturated carbocycles. The molecule has 5 nitrogen and oxygen atoms in total. The third-order valence-electron chi connectivity index (χ3n) is 4.98. The van der Waals surface area contributed by atoms with Crippen LogP contribution in [0.2, 0.25) is 0 Å². The maximum Gasteiger partial charge on any atom is 0.234 e. The molecule has 1 fully saturated rings. The predicted molar refractivity (Wildman–Crippen MR) is 94.2 cm³/mol. The Morgan fingerprint density at radius 3 is 2.79 bits per heavy atom. The molecule has 1 heterocycles. The van der Waals surface area contributed by atoms with Crippen LogP contribution >= 0.6 is 0 Å². The maximum atomic E-state index is 12.5.